The number of nitrogens with zero attached hydrogens (tertiary/aromatic N) is 1. The lowest BCUT2D eigenvalue weighted by Gasteiger charge is -2.20. The van der Waals surface area contributed by atoms with Crippen molar-refractivity contribution in [1.29, 1.82) is 0 Å². The number of thiazole rings is 1. The predicted molar refractivity (Wildman–Crippen MR) is 181 cm³/mol. The number of halogens is 2. The summed E-state index contributed by atoms with van der Waals surface area (Å²) in [4.78, 5) is 6.98. The predicted octanol–water partition coefficient (Wildman–Crippen LogP) is 10.8. The zero-order chi connectivity index (χ0) is 30.5. The van der Waals surface area contributed by atoms with E-state index in [1.807, 2.05) is 37.3 Å². The Hall–Kier alpha value is -3.23. The van der Waals surface area contributed by atoms with E-state index < -0.39 is 16.6 Å². The summed E-state index contributed by atoms with van der Waals surface area (Å²) in [5.74, 6) is -2.21. The van der Waals surface area contributed by atoms with Crippen molar-refractivity contribution in [2.75, 3.05) is 23.2 Å². The maximum absolute atomic E-state index is 15.9. The van der Waals surface area contributed by atoms with E-state index in [4.69, 9.17) is 9.72 Å². The average molecular weight is 622 g/mol. The van der Waals surface area contributed by atoms with Gasteiger partial charge in [-0.05, 0) is 72.9 Å². The van der Waals surface area contributed by atoms with Gasteiger partial charge in [-0.15, -0.1) is 0 Å². The van der Waals surface area contributed by atoms with Gasteiger partial charge in [0.05, 0.1) is 17.2 Å². The Morgan fingerprint density at radius 2 is 1.81 bits per heavy atom. The van der Waals surface area contributed by atoms with Gasteiger partial charge >= 0.3 is 0 Å². The minimum atomic E-state index is -2.97. The lowest BCUT2D eigenvalue weighted by molar-refractivity contribution is -0.0151. The molecule has 1 atom stereocenters. The fourth-order valence-corrected chi connectivity index (χ4v) is 7.54. The Balaban J connectivity index is 1.60. The topological polar surface area (TPSA) is 46.2 Å². The van der Waals surface area contributed by atoms with E-state index in [1.54, 1.807) is 18.2 Å². The molecular formula is C35H41F2N3OS2. The first-order valence-corrected chi connectivity index (χ1v) is 17.1. The van der Waals surface area contributed by atoms with E-state index >= 15 is 8.78 Å². The zero-order valence-electron chi connectivity index (χ0n) is 25.4. The van der Waals surface area contributed by atoms with Crippen molar-refractivity contribution in [1.82, 2.24) is 4.98 Å². The number of alkyl halides is 2. The summed E-state index contributed by atoms with van der Waals surface area (Å²) >= 11 is 1.49. The average Bonchev–Trinajstić information content (AvgIpc) is 3.41. The minimum absolute atomic E-state index is 0.0285. The molecule has 4 aromatic rings. The maximum Gasteiger partial charge on any atom is 0.273 e. The smallest absolute Gasteiger partial charge is 0.273 e. The maximum atomic E-state index is 15.9. The van der Waals surface area contributed by atoms with Crippen LogP contribution in [0.2, 0.25) is 0 Å². The van der Waals surface area contributed by atoms with Crippen LogP contribution in [0, 0.1) is 5.41 Å². The van der Waals surface area contributed by atoms with Crippen LogP contribution in [0.1, 0.15) is 65.4 Å². The van der Waals surface area contributed by atoms with Gasteiger partial charge in [-0.25, -0.2) is 13.8 Å². The third kappa shape index (κ3) is 8.03. The molecule has 1 aliphatic heterocycles. The first-order chi connectivity index (χ1) is 20.6. The lowest BCUT2D eigenvalue weighted by atomic mass is 9.93. The molecule has 2 heterocycles. The number of hydrogen-bond donors (Lipinski definition) is 2. The number of nitrogens with one attached hydrogen (secondary N) is 2. The molecule has 0 amide bonds. The van der Waals surface area contributed by atoms with Gasteiger partial charge in [0, 0.05) is 34.7 Å². The number of rotatable bonds is 4. The van der Waals surface area contributed by atoms with Gasteiger partial charge in [0.15, 0.2) is 5.13 Å². The normalized spacial score (nSPS) is 17.3. The molecule has 1 aromatic heterocycles. The van der Waals surface area contributed by atoms with Crippen LogP contribution in [0.15, 0.2) is 77.7 Å². The molecule has 1 aliphatic rings. The van der Waals surface area contributed by atoms with Crippen LogP contribution in [0.4, 0.5) is 19.6 Å². The number of anilines is 2. The molecule has 0 fully saturated rings. The molecule has 228 valence electrons. The minimum Gasteiger partial charge on any atom is -0.494 e. The molecule has 0 aliphatic carbocycles. The summed E-state index contributed by atoms with van der Waals surface area (Å²) in [6.07, 6.45) is 2.73. The van der Waals surface area contributed by atoms with Gasteiger partial charge in [-0.1, -0.05) is 91.7 Å². The van der Waals surface area contributed by atoms with Gasteiger partial charge in [0.25, 0.3) is 5.92 Å². The van der Waals surface area contributed by atoms with E-state index in [2.05, 4.69) is 60.4 Å². The number of fused-ring (bicyclic) bond motifs is 6. The monoisotopic (exact) mass is 621 g/mol. The third-order valence-corrected chi connectivity index (χ3v) is 10.2. The highest BCUT2D eigenvalue weighted by molar-refractivity contribution is 8.16. The first kappa shape index (κ1) is 31.2. The van der Waals surface area contributed by atoms with Crippen molar-refractivity contribution in [3.63, 3.8) is 0 Å². The molecule has 5 rings (SSSR count). The van der Waals surface area contributed by atoms with Gasteiger partial charge in [0.2, 0.25) is 0 Å². The van der Waals surface area contributed by atoms with Gasteiger partial charge in [-0.3, -0.25) is 0 Å². The van der Waals surface area contributed by atoms with Crippen molar-refractivity contribution in [2.45, 2.75) is 70.6 Å². The molecular weight excluding hydrogens is 581 g/mol. The van der Waals surface area contributed by atoms with Crippen LogP contribution >= 0.6 is 22.0 Å². The fraction of sp³-hybridized carbons (Fsp3) is 0.371. The Bertz CT molecular complexity index is 1580. The van der Waals surface area contributed by atoms with Crippen molar-refractivity contribution >= 4 is 38.2 Å². The molecule has 2 N–H and O–H groups in total. The van der Waals surface area contributed by atoms with Crippen molar-refractivity contribution < 1.29 is 13.5 Å². The Kier molecular flexibility index (Phi) is 9.87. The molecule has 0 radical (unpaired) electrons. The number of benzene rings is 3. The summed E-state index contributed by atoms with van der Waals surface area (Å²) < 4.78 is 41.5. The van der Waals surface area contributed by atoms with Crippen molar-refractivity contribution in [3.05, 3.63) is 78.4 Å². The van der Waals surface area contributed by atoms with Crippen LogP contribution in [0.3, 0.4) is 0 Å². The van der Waals surface area contributed by atoms with Crippen LogP contribution in [0.25, 0.3) is 21.7 Å². The third-order valence-electron chi connectivity index (χ3n) is 7.44. The quantitative estimate of drug-likeness (QED) is 0.223. The van der Waals surface area contributed by atoms with Gasteiger partial charge in [-0.2, -0.15) is 0 Å². The number of ether oxygens (including phenoxy) is 1. The fourth-order valence-electron chi connectivity index (χ4n) is 5.06. The summed E-state index contributed by atoms with van der Waals surface area (Å²) in [7, 11) is -0.438. The molecule has 0 saturated carbocycles. The molecule has 8 heteroatoms. The second-order valence-corrected chi connectivity index (χ2v) is 14.9. The van der Waals surface area contributed by atoms with Crippen LogP contribution in [0.5, 0.6) is 5.75 Å². The number of aromatic nitrogens is 1. The summed E-state index contributed by atoms with van der Waals surface area (Å²) in [5.41, 5.74) is 3.16. The highest BCUT2D eigenvalue weighted by atomic mass is 32.2. The SMILES string of the molecule is CC=S1Nc2nc(c(-c3cccc(OCCC(C)(C)C)c3)s2)-c2ccccc2C(F)(F)CCCCCNc2cccc1c2. The Morgan fingerprint density at radius 1 is 1.00 bits per heavy atom. The lowest BCUT2D eigenvalue weighted by Crippen LogP contribution is -2.15. The highest BCUT2D eigenvalue weighted by Crippen LogP contribution is 2.46. The molecule has 0 saturated heterocycles. The molecule has 4 bridgehead atoms. The number of hydrogen-bond acceptors (Lipinski definition) is 5. The second kappa shape index (κ2) is 13.6. The molecule has 4 nitrogen and oxygen atoms in total. The largest absolute Gasteiger partial charge is 0.494 e. The van der Waals surface area contributed by atoms with Gasteiger partial charge in [0.1, 0.15) is 5.75 Å². The van der Waals surface area contributed by atoms with Gasteiger partial charge < -0.3 is 14.8 Å². The van der Waals surface area contributed by atoms with Crippen molar-refractivity contribution in [3.8, 4) is 27.4 Å². The summed E-state index contributed by atoms with van der Waals surface area (Å²) in [6.45, 7) is 9.96. The zero-order valence-corrected chi connectivity index (χ0v) is 27.0. The molecule has 0 spiro atoms. The highest BCUT2D eigenvalue weighted by Gasteiger charge is 2.35. The molecule has 3 aromatic carbocycles. The second-order valence-electron chi connectivity index (χ2n) is 12.1. The van der Waals surface area contributed by atoms with Crippen molar-refractivity contribution in [2.24, 2.45) is 5.41 Å². The Morgan fingerprint density at radius 3 is 2.63 bits per heavy atom. The van der Waals surface area contributed by atoms with E-state index in [1.165, 1.54) is 11.3 Å². The summed E-state index contributed by atoms with van der Waals surface area (Å²) in [6, 6.07) is 23.1. The van der Waals surface area contributed by atoms with E-state index in [0.29, 0.717) is 29.4 Å². The standard InChI is InChI=1S/C35H41F2N3OS2/c1-5-43-28-16-12-14-26(24-28)38-21-10-6-9-19-35(36,37)30-18-8-7-17-29(30)31-32(42-33(39-31)40-43)25-13-11-15-27(23-25)41-22-20-34(2,3)4/h5,7-8,11-18,23-24,38H,6,9-10,19-22H2,1-4H3,(H,39,40). The van der Waals surface area contributed by atoms with E-state index in [0.717, 1.165) is 52.6 Å². The Labute approximate surface area is 261 Å². The summed E-state index contributed by atoms with van der Waals surface area (Å²) in [5, 5.41) is 6.28. The molecule has 43 heavy (non-hydrogen) atoms. The molecule has 1 unspecified atom stereocenters. The van der Waals surface area contributed by atoms with Crippen LogP contribution < -0.4 is 14.8 Å². The van der Waals surface area contributed by atoms with E-state index in [-0.39, 0.29) is 17.4 Å². The van der Waals surface area contributed by atoms with E-state index in [9.17, 15) is 0 Å². The van der Waals surface area contributed by atoms with Crippen LogP contribution in [-0.4, -0.2) is 23.5 Å². The van der Waals surface area contributed by atoms with Crippen LogP contribution in [-0.2, 0) is 5.92 Å². The first-order valence-electron chi connectivity index (χ1n) is 15.0.